The van der Waals surface area contributed by atoms with Gasteiger partial charge in [0, 0.05) is 11.1 Å². The first-order chi connectivity index (χ1) is 15.4. The molecule has 4 aromatic rings. The van der Waals surface area contributed by atoms with Crippen molar-refractivity contribution in [2.45, 2.75) is 40.5 Å². The van der Waals surface area contributed by atoms with Crippen LogP contribution in [0.25, 0.3) is 10.8 Å². The molecule has 0 radical (unpaired) electrons. The molecule has 0 bridgehead atoms. The summed E-state index contributed by atoms with van der Waals surface area (Å²) in [5.41, 5.74) is 4.23. The van der Waals surface area contributed by atoms with E-state index < -0.39 is 0 Å². The summed E-state index contributed by atoms with van der Waals surface area (Å²) in [5, 5.41) is 2.69. The maximum Gasteiger partial charge on any atom is 0.193 e. The van der Waals surface area contributed by atoms with Crippen LogP contribution in [0.15, 0.2) is 97.1 Å². The molecule has 4 aromatic carbocycles. The molecule has 0 saturated heterocycles. The van der Waals surface area contributed by atoms with E-state index in [4.69, 9.17) is 0 Å². The van der Waals surface area contributed by atoms with E-state index in [1.807, 2.05) is 42.5 Å². The molecular weight excluding hydrogens is 388 g/mol. The van der Waals surface area contributed by atoms with E-state index >= 15 is 0 Å². The van der Waals surface area contributed by atoms with Gasteiger partial charge in [-0.15, -0.1) is 0 Å². The predicted octanol–water partition coefficient (Wildman–Crippen LogP) is 8.15. The molecule has 0 saturated carbocycles. The molecule has 0 aliphatic carbocycles. The van der Waals surface area contributed by atoms with E-state index in [0.717, 1.165) is 23.5 Å². The Labute approximate surface area is 193 Å². The monoisotopic (exact) mass is 422 g/mol. The second-order valence-corrected chi connectivity index (χ2v) is 9.27. The molecule has 1 heteroatoms. The molecule has 0 aromatic heterocycles. The van der Waals surface area contributed by atoms with Crippen molar-refractivity contribution in [3.05, 3.63) is 119 Å². The summed E-state index contributed by atoms with van der Waals surface area (Å²) in [4.78, 5) is 12.2. The maximum absolute atomic E-state index is 12.2. The van der Waals surface area contributed by atoms with Crippen LogP contribution < -0.4 is 0 Å². The van der Waals surface area contributed by atoms with Crippen LogP contribution in [-0.4, -0.2) is 5.78 Å². The number of hydrogen-bond donors (Lipinski definition) is 0. The van der Waals surface area contributed by atoms with Crippen LogP contribution in [0.5, 0.6) is 0 Å². The Morgan fingerprint density at radius 3 is 1.69 bits per heavy atom. The second-order valence-electron chi connectivity index (χ2n) is 9.27. The minimum absolute atomic E-state index is 0.0895. The molecule has 32 heavy (non-hydrogen) atoms. The third kappa shape index (κ3) is 6.92. The topological polar surface area (TPSA) is 17.1 Å². The van der Waals surface area contributed by atoms with Crippen molar-refractivity contribution in [1.82, 2.24) is 0 Å². The largest absolute Gasteiger partial charge is 0.289 e. The molecule has 164 valence electrons. The first-order valence-electron chi connectivity index (χ1n) is 11.6. The lowest BCUT2D eigenvalue weighted by Crippen LogP contribution is -2.01. The molecule has 0 amide bonds. The summed E-state index contributed by atoms with van der Waals surface area (Å²) in [6, 6.07) is 32.6. The van der Waals surface area contributed by atoms with Crippen molar-refractivity contribution in [2.75, 3.05) is 0 Å². The van der Waals surface area contributed by atoms with Crippen molar-refractivity contribution >= 4 is 16.6 Å². The van der Waals surface area contributed by atoms with E-state index in [9.17, 15) is 4.79 Å². The van der Waals surface area contributed by atoms with E-state index in [1.54, 1.807) is 0 Å². The van der Waals surface area contributed by atoms with E-state index in [1.165, 1.54) is 28.3 Å². The van der Waals surface area contributed by atoms with Gasteiger partial charge in [-0.1, -0.05) is 125 Å². The summed E-state index contributed by atoms with van der Waals surface area (Å²) in [5.74, 6) is 1.46. The lowest BCUT2D eigenvalue weighted by molar-refractivity contribution is 0.103. The van der Waals surface area contributed by atoms with Gasteiger partial charge >= 0.3 is 0 Å². The number of hydrogen-bond acceptors (Lipinski definition) is 1. The van der Waals surface area contributed by atoms with Crippen LogP contribution in [0.1, 0.15) is 54.7 Å². The standard InChI is InChI=1S/C17H18O.C14H16/c1-13(2)12-14-8-10-16(11-9-14)17(18)15-6-4-3-5-7-15;1-11(2)9-12-7-8-13-5-3-4-6-14(13)10-12/h3-11,13H,12H2,1-2H3;3-8,10-11H,9H2,1-2H3. The van der Waals surface area contributed by atoms with Gasteiger partial charge in [0.15, 0.2) is 5.78 Å². The number of ketones is 1. The Kier molecular flexibility index (Phi) is 8.39. The minimum atomic E-state index is 0.0895. The number of carbonyl (C=O) groups is 1. The van der Waals surface area contributed by atoms with Gasteiger partial charge in [0.2, 0.25) is 0 Å². The van der Waals surface area contributed by atoms with Crippen molar-refractivity contribution in [3.8, 4) is 0 Å². The van der Waals surface area contributed by atoms with Crippen molar-refractivity contribution in [1.29, 1.82) is 0 Å². The summed E-state index contributed by atoms with van der Waals surface area (Å²) in [6.07, 6.45) is 2.23. The fraction of sp³-hybridized carbons (Fsp3) is 0.258. The average Bonchev–Trinajstić information content (AvgIpc) is 2.79. The van der Waals surface area contributed by atoms with Crippen LogP contribution in [-0.2, 0) is 12.8 Å². The highest BCUT2D eigenvalue weighted by Gasteiger charge is 2.08. The molecule has 1 nitrogen and oxygen atoms in total. The Balaban J connectivity index is 0.000000186. The minimum Gasteiger partial charge on any atom is -0.289 e. The SMILES string of the molecule is CC(C)Cc1ccc(C(=O)c2ccccc2)cc1.CC(C)Cc1ccc2ccccc2c1. The Morgan fingerprint density at radius 2 is 1.06 bits per heavy atom. The molecular formula is C31H34O. The van der Waals surface area contributed by atoms with Crippen LogP contribution in [0.2, 0.25) is 0 Å². The van der Waals surface area contributed by atoms with Gasteiger partial charge in [-0.2, -0.15) is 0 Å². The molecule has 0 aliphatic heterocycles. The van der Waals surface area contributed by atoms with Crippen LogP contribution in [0, 0.1) is 11.8 Å². The van der Waals surface area contributed by atoms with Gasteiger partial charge in [-0.05, 0) is 46.6 Å². The maximum atomic E-state index is 12.2. The molecule has 0 aliphatic rings. The normalized spacial score (nSPS) is 10.8. The fourth-order valence-corrected chi connectivity index (χ4v) is 3.86. The Bertz CT molecular complexity index is 1120. The van der Waals surface area contributed by atoms with Crippen LogP contribution >= 0.6 is 0 Å². The summed E-state index contributed by atoms with van der Waals surface area (Å²) < 4.78 is 0. The van der Waals surface area contributed by atoms with Crippen molar-refractivity contribution < 1.29 is 4.79 Å². The van der Waals surface area contributed by atoms with E-state index in [0.29, 0.717) is 5.92 Å². The van der Waals surface area contributed by atoms with Gasteiger partial charge in [-0.3, -0.25) is 4.79 Å². The zero-order valence-electron chi connectivity index (χ0n) is 19.7. The highest BCUT2D eigenvalue weighted by Crippen LogP contribution is 2.17. The Morgan fingerprint density at radius 1 is 0.562 bits per heavy atom. The Hall–Kier alpha value is -3.19. The summed E-state index contributed by atoms with van der Waals surface area (Å²) in [7, 11) is 0. The molecule has 0 N–H and O–H groups in total. The van der Waals surface area contributed by atoms with Crippen LogP contribution in [0.4, 0.5) is 0 Å². The molecule has 0 fully saturated rings. The molecule has 0 heterocycles. The van der Waals surface area contributed by atoms with E-state index in [-0.39, 0.29) is 5.78 Å². The smallest absolute Gasteiger partial charge is 0.193 e. The molecule has 0 spiro atoms. The number of benzene rings is 4. The molecule has 0 unspecified atom stereocenters. The zero-order chi connectivity index (χ0) is 22.9. The molecule has 0 atom stereocenters. The highest BCUT2D eigenvalue weighted by molar-refractivity contribution is 6.08. The predicted molar refractivity (Wildman–Crippen MR) is 137 cm³/mol. The second kappa shape index (κ2) is 11.4. The van der Waals surface area contributed by atoms with Gasteiger partial charge in [0.1, 0.15) is 0 Å². The van der Waals surface area contributed by atoms with Gasteiger partial charge < -0.3 is 0 Å². The summed E-state index contributed by atoms with van der Waals surface area (Å²) in [6.45, 7) is 8.91. The lowest BCUT2D eigenvalue weighted by Gasteiger charge is -2.06. The quantitative estimate of drug-likeness (QED) is 0.286. The number of fused-ring (bicyclic) bond motifs is 1. The van der Waals surface area contributed by atoms with Gasteiger partial charge in [0.05, 0.1) is 0 Å². The van der Waals surface area contributed by atoms with Gasteiger partial charge in [0.25, 0.3) is 0 Å². The number of carbonyl (C=O) groups excluding carboxylic acids is 1. The van der Waals surface area contributed by atoms with E-state index in [2.05, 4.69) is 82.3 Å². The number of rotatable bonds is 6. The highest BCUT2D eigenvalue weighted by atomic mass is 16.1. The zero-order valence-corrected chi connectivity index (χ0v) is 19.7. The average molecular weight is 423 g/mol. The van der Waals surface area contributed by atoms with Crippen molar-refractivity contribution in [3.63, 3.8) is 0 Å². The lowest BCUT2D eigenvalue weighted by atomic mass is 9.98. The van der Waals surface area contributed by atoms with Crippen molar-refractivity contribution in [2.24, 2.45) is 11.8 Å². The first-order valence-corrected chi connectivity index (χ1v) is 11.6. The molecule has 4 rings (SSSR count). The summed E-state index contributed by atoms with van der Waals surface area (Å²) >= 11 is 0. The first kappa shape index (κ1) is 23.5. The van der Waals surface area contributed by atoms with Gasteiger partial charge in [-0.25, -0.2) is 0 Å². The third-order valence-electron chi connectivity index (χ3n) is 5.35. The van der Waals surface area contributed by atoms with Crippen LogP contribution in [0.3, 0.4) is 0 Å². The third-order valence-corrected chi connectivity index (χ3v) is 5.35. The fourth-order valence-electron chi connectivity index (χ4n) is 3.86.